The first kappa shape index (κ1) is 11.7. The van der Waals surface area contributed by atoms with E-state index in [1.54, 1.807) is 6.08 Å². The number of benzene rings is 1. The van der Waals surface area contributed by atoms with Gasteiger partial charge in [0, 0.05) is 0 Å². The number of allylic oxidation sites excluding steroid dienone is 1. The van der Waals surface area contributed by atoms with E-state index in [-0.39, 0.29) is 6.10 Å². The smallest absolute Gasteiger partial charge is 0.0583 e. The van der Waals surface area contributed by atoms with Gasteiger partial charge in [-0.05, 0) is 24.8 Å². The van der Waals surface area contributed by atoms with Crippen molar-refractivity contribution in [2.24, 2.45) is 0 Å². The van der Waals surface area contributed by atoms with Crippen LogP contribution in [-0.2, 0) is 6.42 Å². The molecule has 1 nitrogen and oxygen atoms in total. The van der Waals surface area contributed by atoms with E-state index in [1.165, 1.54) is 5.56 Å². The molecular weight excluding hydrogens is 184 g/mol. The van der Waals surface area contributed by atoms with Crippen molar-refractivity contribution in [3.63, 3.8) is 0 Å². The third-order valence-corrected chi connectivity index (χ3v) is 2.40. The van der Waals surface area contributed by atoms with Crippen LogP contribution in [0.4, 0.5) is 0 Å². The molecule has 0 unspecified atom stereocenters. The third-order valence-electron chi connectivity index (χ3n) is 2.40. The van der Waals surface area contributed by atoms with E-state index in [2.05, 4.69) is 25.3 Å². The van der Waals surface area contributed by atoms with Crippen molar-refractivity contribution in [3.05, 3.63) is 60.7 Å². The SMILES string of the molecule is C=CC(=C)C[C@H](O)CCc1ccccc1. The lowest BCUT2D eigenvalue weighted by Gasteiger charge is -2.10. The van der Waals surface area contributed by atoms with Crippen molar-refractivity contribution >= 4 is 0 Å². The van der Waals surface area contributed by atoms with E-state index in [1.807, 2.05) is 18.2 Å². The highest BCUT2D eigenvalue weighted by Crippen LogP contribution is 2.11. The molecule has 80 valence electrons. The Morgan fingerprint density at radius 1 is 1.33 bits per heavy atom. The molecule has 0 radical (unpaired) electrons. The summed E-state index contributed by atoms with van der Waals surface area (Å²) in [6.45, 7) is 7.41. The fourth-order valence-corrected chi connectivity index (χ4v) is 1.47. The molecule has 1 heteroatoms. The molecule has 0 aromatic heterocycles. The Hall–Kier alpha value is -1.34. The van der Waals surface area contributed by atoms with Crippen molar-refractivity contribution in [1.29, 1.82) is 0 Å². The average molecular weight is 202 g/mol. The molecule has 0 aliphatic rings. The number of hydrogen-bond acceptors (Lipinski definition) is 1. The molecule has 1 rings (SSSR count). The van der Waals surface area contributed by atoms with Crippen LogP contribution in [0.2, 0.25) is 0 Å². The van der Waals surface area contributed by atoms with Crippen LogP contribution in [0.3, 0.4) is 0 Å². The summed E-state index contributed by atoms with van der Waals surface area (Å²) in [5.74, 6) is 0. The second-order valence-corrected chi connectivity index (χ2v) is 3.74. The monoisotopic (exact) mass is 202 g/mol. The summed E-state index contributed by atoms with van der Waals surface area (Å²) in [7, 11) is 0. The highest BCUT2D eigenvalue weighted by Gasteiger charge is 2.04. The second kappa shape index (κ2) is 6.20. The van der Waals surface area contributed by atoms with Gasteiger partial charge in [0.25, 0.3) is 0 Å². The Kier molecular flexibility index (Phi) is 4.85. The largest absolute Gasteiger partial charge is 0.393 e. The van der Waals surface area contributed by atoms with E-state index in [0.717, 1.165) is 18.4 Å². The fraction of sp³-hybridized carbons (Fsp3) is 0.286. The molecule has 1 aromatic rings. The summed E-state index contributed by atoms with van der Waals surface area (Å²) >= 11 is 0. The molecule has 0 saturated carbocycles. The third kappa shape index (κ3) is 4.61. The molecule has 0 fully saturated rings. The summed E-state index contributed by atoms with van der Waals surface area (Å²) in [5.41, 5.74) is 2.16. The van der Waals surface area contributed by atoms with Gasteiger partial charge in [-0.15, -0.1) is 0 Å². The van der Waals surface area contributed by atoms with Gasteiger partial charge >= 0.3 is 0 Å². The van der Waals surface area contributed by atoms with Gasteiger partial charge in [0.1, 0.15) is 0 Å². The lowest BCUT2D eigenvalue weighted by Crippen LogP contribution is -2.08. The number of aryl methyl sites for hydroxylation is 1. The first-order chi connectivity index (χ1) is 7.22. The van der Waals surface area contributed by atoms with Crippen LogP contribution >= 0.6 is 0 Å². The summed E-state index contributed by atoms with van der Waals surface area (Å²) < 4.78 is 0. The molecule has 0 saturated heterocycles. The zero-order valence-electron chi connectivity index (χ0n) is 9.02. The Morgan fingerprint density at radius 3 is 2.60 bits per heavy atom. The lowest BCUT2D eigenvalue weighted by atomic mass is 10.0. The molecule has 0 amide bonds. The van der Waals surface area contributed by atoms with Crippen LogP contribution in [0.25, 0.3) is 0 Å². The summed E-state index contributed by atoms with van der Waals surface area (Å²) in [4.78, 5) is 0. The van der Waals surface area contributed by atoms with E-state index in [4.69, 9.17) is 0 Å². The Labute approximate surface area is 91.8 Å². The summed E-state index contributed by atoms with van der Waals surface area (Å²) in [6.07, 6.45) is 3.70. The van der Waals surface area contributed by atoms with Gasteiger partial charge in [0.2, 0.25) is 0 Å². The minimum Gasteiger partial charge on any atom is -0.393 e. The summed E-state index contributed by atoms with van der Waals surface area (Å²) in [5, 5.41) is 9.70. The minimum atomic E-state index is -0.310. The predicted octanol–water partition coefficient (Wildman–Crippen LogP) is 3.11. The summed E-state index contributed by atoms with van der Waals surface area (Å²) in [6, 6.07) is 10.2. The Balaban J connectivity index is 2.31. The molecule has 0 heterocycles. The van der Waals surface area contributed by atoms with Gasteiger partial charge in [-0.25, -0.2) is 0 Å². The highest BCUT2D eigenvalue weighted by molar-refractivity contribution is 5.15. The molecule has 0 aliphatic carbocycles. The quantitative estimate of drug-likeness (QED) is 0.703. The van der Waals surface area contributed by atoms with Gasteiger partial charge in [-0.2, -0.15) is 0 Å². The molecule has 1 N–H and O–H groups in total. The van der Waals surface area contributed by atoms with Crippen LogP contribution < -0.4 is 0 Å². The molecule has 15 heavy (non-hydrogen) atoms. The molecular formula is C14H18O. The Bertz CT molecular complexity index is 313. The number of hydrogen-bond donors (Lipinski definition) is 1. The number of aliphatic hydroxyl groups excluding tert-OH is 1. The topological polar surface area (TPSA) is 20.2 Å². The van der Waals surface area contributed by atoms with Gasteiger partial charge < -0.3 is 5.11 Å². The van der Waals surface area contributed by atoms with Crippen molar-refractivity contribution < 1.29 is 5.11 Å². The lowest BCUT2D eigenvalue weighted by molar-refractivity contribution is 0.166. The fourth-order valence-electron chi connectivity index (χ4n) is 1.47. The molecule has 0 aliphatic heterocycles. The van der Waals surface area contributed by atoms with Crippen molar-refractivity contribution in [3.8, 4) is 0 Å². The predicted molar refractivity (Wildman–Crippen MR) is 64.7 cm³/mol. The number of rotatable bonds is 6. The second-order valence-electron chi connectivity index (χ2n) is 3.74. The maximum absolute atomic E-state index is 9.70. The van der Waals surface area contributed by atoms with Gasteiger partial charge in [0.15, 0.2) is 0 Å². The van der Waals surface area contributed by atoms with E-state index in [0.29, 0.717) is 6.42 Å². The standard InChI is InChI=1S/C14H18O/c1-3-12(2)11-14(15)10-9-13-7-5-4-6-8-13/h3-8,14-15H,1-2,9-11H2/t14-/m1/s1. The van der Waals surface area contributed by atoms with Gasteiger partial charge in [-0.1, -0.05) is 55.1 Å². The first-order valence-corrected chi connectivity index (χ1v) is 5.24. The van der Waals surface area contributed by atoms with E-state index < -0.39 is 0 Å². The zero-order chi connectivity index (χ0) is 11.1. The zero-order valence-corrected chi connectivity index (χ0v) is 9.02. The molecule has 0 spiro atoms. The molecule has 1 aromatic carbocycles. The minimum absolute atomic E-state index is 0.310. The van der Waals surface area contributed by atoms with E-state index in [9.17, 15) is 5.11 Å². The highest BCUT2D eigenvalue weighted by atomic mass is 16.3. The van der Waals surface area contributed by atoms with Crippen molar-refractivity contribution in [2.75, 3.05) is 0 Å². The van der Waals surface area contributed by atoms with Crippen LogP contribution in [0.1, 0.15) is 18.4 Å². The Morgan fingerprint density at radius 2 is 2.00 bits per heavy atom. The average Bonchev–Trinajstić information content (AvgIpc) is 2.27. The van der Waals surface area contributed by atoms with Crippen LogP contribution in [0.15, 0.2) is 55.1 Å². The van der Waals surface area contributed by atoms with Crippen LogP contribution in [0.5, 0.6) is 0 Å². The maximum atomic E-state index is 9.70. The molecule has 1 atom stereocenters. The first-order valence-electron chi connectivity index (χ1n) is 5.24. The maximum Gasteiger partial charge on any atom is 0.0583 e. The van der Waals surface area contributed by atoms with Gasteiger partial charge in [0.05, 0.1) is 6.10 Å². The number of aliphatic hydroxyl groups is 1. The van der Waals surface area contributed by atoms with Crippen LogP contribution in [-0.4, -0.2) is 11.2 Å². The van der Waals surface area contributed by atoms with Crippen LogP contribution in [0, 0.1) is 0 Å². The van der Waals surface area contributed by atoms with Gasteiger partial charge in [-0.3, -0.25) is 0 Å². The van der Waals surface area contributed by atoms with E-state index >= 15 is 0 Å². The van der Waals surface area contributed by atoms with Crippen molar-refractivity contribution in [2.45, 2.75) is 25.4 Å². The normalized spacial score (nSPS) is 12.1. The van der Waals surface area contributed by atoms with Crippen molar-refractivity contribution in [1.82, 2.24) is 0 Å². The molecule has 0 bridgehead atoms.